The number of aromatic nitrogens is 1. The molecule has 0 aliphatic rings. The molecule has 3 aromatic rings. The Labute approximate surface area is 175 Å². The molecule has 1 aromatic heterocycles. The Morgan fingerprint density at radius 2 is 1.81 bits per heavy atom. The Hall–Kier alpha value is -3.23. The van der Waals surface area contributed by atoms with E-state index >= 15 is 0 Å². The fraction of sp³-hybridized carbons (Fsp3) is 0.273. The first-order valence-electron chi connectivity index (χ1n) is 9.52. The molecule has 164 valence electrons. The van der Waals surface area contributed by atoms with Crippen LogP contribution >= 0.6 is 0 Å². The van der Waals surface area contributed by atoms with Crippen molar-refractivity contribution in [1.82, 2.24) is 10.3 Å². The molecule has 0 bridgehead atoms. The molecule has 0 aliphatic heterocycles. The van der Waals surface area contributed by atoms with E-state index in [0.717, 1.165) is 11.8 Å². The molecular weight excluding hydrogens is 417 g/mol. The van der Waals surface area contributed by atoms with E-state index in [0.29, 0.717) is 24.4 Å². The number of carbonyl (C=O) groups is 1. The van der Waals surface area contributed by atoms with Crippen molar-refractivity contribution < 1.29 is 26.7 Å². The predicted octanol–water partition coefficient (Wildman–Crippen LogP) is 5.76. The normalized spacial score (nSPS) is 12.6. The fourth-order valence-electron chi connectivity index (χ4n) is 3.26. The zero-order chi connectivity index (χ0) is 22.9. The number of halogens is 5. The van der Waals surface area contributed by atoms with Crippen LogP contribution in [0.1, 0.15) is 46.9 Å². The molecule has 0 spiro atoms. The van der Waals surface area contributed by atoms with Crippen LogP contribution in [0.2, 0.25) is 0 Å². The Morgan fingerprint density at radius 1 is 1.10 bits per heavy atom. The highest BCUT2D eigenvalue weighted by Gasteiger charge is 2.34. The number of alkyl halides is 3. The summed E-state index contributed by atoms with van der Waals surface area (Å²) in [5.41, 5.74) is 0.232. The van der Waals surface area contributed by atoms with E-state index in [2.05, 4.69) is 15.6 Å². The smallest absolute Gasteiger partial charge is 0.385 e. The van der Waals surface area contributed by atoms with Crippen LogP contribution in [0.25, 0.3) is 10.9 Å². The summed E-state index contributed by atoms with van der Waals surface area (Å²) in [6.45, 7) is 5.94. The number of fused-ring (bicyclic) bond motifs is 1. The highest BCUT2D eigenvalue weighted by molar-refractivity contribution is 5.97. The van der Waals surface area contributed by atoms with Crippen molar-refractivity contribution in [2.75, 3.05) is 11.9 Å². The van der Waals surface area contributed by atoms with Gasteiger partial charge in [0.25, 0.3) is 5.91 Å². The number of rotatable bonds is 5. The quantitative estimate of drug-likeness (QED) is 0.499. The van der Waals surface area contributed by atoms with Crippen LogP contribution < -0.4 is 10.6 Å². The lowest BCUT2D eigenvalue weighted by atomic mass is 10.0. The molecule has 4 nitrogen and oxygen atoms in total. The van der Waals surface area contributed by atoms with Crippen LogP contribution in [0.3, 0.4) is 0 Å². The van der Waals surface area contributed by atoms with Gasteiger partial charge >= 0.3 is 6.18 Å². The molecular formula is C22H20F5N3O. The van der Waals surface area contributed by atoms with Crippen molar-refractivity contribution >= 4 is 22.5 Å². The summed E-state index contributed by atoms with van der Waals surface area (Å²) in [5.74, 6) is -2.56. The molecule has 3 rings (SSSR count). The number of benzene rings is 2. The van der Waals surface area contributed by atoms with Gasteiger partial charge in [0.1, 0.15) is 11.6 Å². The van der Waals surface area contributed by atoms with Crippen LogP contribution in [0, 0.1) is 18.6 Å². The number of amides is 1. The molecule has 1 heterocycles. The number of pyridine rings is 1. The van der Waals surface area contributed by atoms with E-state index in [1.54, 1.807) is 13.0 Å². The second kappa shape index (κ2) is 8.49. The molecule has 9 heteroatoms. The van der Waals surface area contributed by atoms with Gasteiger partial charge in [0, 0.05) is 29.4 Å². The van der Waals surface area contributed by atoms with Gasteiger partial charge in [0.05, 0.1) is 22.7 Å². The van der Waals surface area contributed by atoms with Gasteiger partial charge in [0.15, 0.2) is 0 Å². The first-order chi connectivity index (χ1) is 14.5. The lowest BCUT2D eigenvalue weighted by Gasteiger charge is -2.18. The minimum atomic E-state index is -4.85. The highest BCUT2D eigenvalue weighted by atomic mass is 19.4. The van der Waals surface area contributed by atoms with Gasteiger partial charge < -0.3 is 10.6 Å². The van der Waals surface area contributed by atoms with Crippen LogP contribution in [0.15, 0.2) is 36.5 Å². The number of aryl methyl sites for hydroxylation is 1. The molecule has 2 aromatic carbocycles. The third-order valence-electron chi connectivity index (χ3n) is 4.86. The lowest BCUT2D eigenvalue weighted by molar-refractivity contribution is -0.139. The zero-order valence-corrected chi connectivity index (χ0v) is 17.0. The first kappa shape index (κ1) is 22.5. The Kier molecular flexibility index (Phi) is 6.15. The summed E-state index contributed by atoms with van der Waals surface area (Å²) >= 11 is 0. The zero-order valence-electron chi connectivity index (χ0n) is 17.0. The summed E-state index contributed by atoms with van der Waals surface area (Å²) < 4.78 is 66.9. The fourth-order valence-corrected chi connectivity index (χ4v) is 3.26. The van der Waals surface area contributed by atoms with Crippen molar-refractivity contribution in [2.45, 2.75) is 33.0 Å². The van der Waals surface area contributed by atoms with Gasteiger partial charge in [-0.25, -0.2) is 8.78 Å². The monoisotopic (exact) mass is 437 g/mol. The average Bonchev–Trinajstić information content (AvgIpc) is 2.68. The number of hydrogen-bond acceptors (Lipinski definition) is 3. The van der Waals surface area contributed by atoms with Gasteiger partial charge in [-0.1, -0.05) is 0 Å². The molecule has 0 fully saturated rings. The molecule has 2 N–H and O–H groups in total. The topological polar surface area (TPSA) is 54.0 Å². The third-order valence-corrected chi connectivity index (χ3v) is 4.86. The summed E-state index contributed by atoms with van der Waals surface area (Å²) in [4.78, 5) is 16.4. The van der Waals surface area contributed by atoms with Crippen LogP contribution in [0.4, 0.5) is 27.6 Å². The standard InChI is InChI=1S/C22H20F5N3O/c1-4-28-19-9-17(23)15(5-11(19)2)12(3)30-21(31)14-6-13-7-18(24)16(22(25,26)27)8-20(13)29-10-14/h5-10,12,28H,4H2,1-3H3,(H,30,31)/t12-/m1/s1. The van der Waals surface area contributed by atoms with Gasteiger partial charge in [0.2, 0.25) is 0 Å². The molecule has 1 atom stereocenters. The highest BCUT2D eigenvalue weighted by Crippen LogP contribution is 2.33. The van der Waals surface area contributed by atoms with E-state index in [1.165, 1.54) is 12.1 Å². The van der Waals surface area contributed by atoms with Crippen LogP contribution in [-0.4, -0.2) is 17.4 Å². The number of hydrogen-bond donors (Lipinski definition) is 2. The summed E-state index contributed by atoms with van der Waals surface area (Å²) in [6, 6.07) is 4.82. The SMILES string of the molecule is CCNc1cc(F)c([C@@H](C)NC(=O)c2cnc3cc(C(F)(F)F)c(F)cc3c2)cc1C. The third kappa shape index (κ3) is 4.76. The van der Waals surface area contributed by atoms with E-state index < -0.39 is 35.3 Å². The Balaban J connectivity index is 1.85. The van der Waals surface area contributed by atoms with Crippen LogP contribution in [-0.2, 0) is 6.18 Å². The molecule has 1 amide bonds. The van der Waals surface area contributed by atoms with E-state index in [-0.39, 0.29) is 22.0 Å². The molecule has 0 saturated heterocycles. The van der Waals surface area contributed by atoms with E-state index in [1.807, 2.05) is 13.8 Å². The lowest BCUT2D eigenvalue weighted by Crippen LogP contribution is -2.27. The van der Waals surface area contributed by atoms with Crippen molar-refractivity contribution in [1.29, 1.82) is 0 Å². The summed E-state index contributed by atoms with van der Waals surface area (Å²) in [7, 11) is 0. The van der Waals surface area contributed by atoms with Gasteiger partial charge in [-0.3, -0.25) is 9.78 Å². The van der Waals surface area contributed by atoms with Crippen molar-refractivity contribution in [3.8, 4) is 0 Å². The van der Waals surface area contributed by atoms with Gasteiger partial charge in [-0.15, -0.1) is 0 Å². The van der Waals surface area contributed by atoms with Crippen molar-refractivity contribution in [3.05, 3.63) is 70.4 Å². The van der Waals surface area contributed by atoms with E-state index in [4.69, 9.17) is 0 Å². The Bertz CT molecular complexity index is 1140. The van der Waals surface area contributed by atoms with Crippen molar-refractivity contribution in [2.24, 2.45) is 0 Å². The number of nitrogens with zero attached hydrogens (tertiary/aromatic N) is 1. The maximum atomic E-state index is 14.5. The van der Waals surface area contributed by atoms with Crippen molar-refractivity contribution in [3.63, 3.8) is 0 Å². The Morgan fingerprint density at radius 3 is 2.45 bits per heavy atom. The first-order valence-corrected chi connectivity index (χ1v) is 9.52. The predicted molar refractivity (Wildman–Crippen MR) is 108 cm³/mol. The minimum Gasteiger partial charge on any atom is -0.385 e. The molecule has 0 unspecified atom stereocenters. The van der Waals surface area contributed by atoms with Gasteiger partial charge in [-0.05, 0) is 56.7 Å². The summed E-state index contributed by atoms with van der Waals surface area (Å²) in [6.07, 6.45) is -3.76. The van der Waals surface area contributed by atoms with E-state index in [9.17, 15) is 26.7 Å². The second-order valence-electron chi connectivity index (χ2n) is 7.16. The summed E-state index contributed by atoms with van der Waals surface area (Å²) in [5, 5.41) is 5.73. The molecule has 0 radical (unpaired) electrons. The largest absolute Gasteiger partial charge is 0.419 e. The molecule has 0 saturated carbocycles. The average molecular weight is 437 g/mol. The number of nitrogens with one attached hydrogen (secondary N) is 2. The minimum absolute atomic E-state index is 0.0138. The van der Waals surface area contributed by atoms with Gasteiger partial charge in [-0.2, -0.15) is 13.2 Å². The molecule has 0 aliphatic carbocycles. The number of carbonyl (C=O) groups excluding carboxylic acids is 1. The molecule has 31 heavy (non-hydrogen) atoms. The second-order valence-corrected chi connectivity index (χ2v) is 7.16. The number of anilines is 1. The maximum absolute atomic E-state index is 14.5. The van der Waals surface area contributed by atoms with Crippen LogP contribution in [0.5, 0.6) is 0 Å². The maximum Gasteiger partial charge on any atom is 0.419 e.